The van der Waals surface area contributed by atoms with Crippen LogP contribution in [0.3, 0.4) is 0 Å². The Kier molecular flexibility index (Phi) is 3.87. The summed E-state index contributed by atoms with van der Waals surface area (Å²) in [5, 5.41) is 11.2. The lowest BCUT2D eigenvalue weighted by Crippen LogP contribution is -2.45. The molecule has 1 unspecified atom stereocenters. The first-order chi connectivity index (χ1) is 7.19. The van der Waals surface area contributed by atoms with Crippen LogP contribution in [0.2, 0.25) is 0 Å². The average Bonchev–Trinajstić information content (AvgIpc) is 2.77. The van der Waals surface area contributed by atoms with Gasteiger partial charge in [-0.15, -0.1) is 0 Å². The number of hydrogen-bond acceptors (Lipinski definition) is 4. The molecule has 0 aliphatic carbocycles. The van der Waals surface area contributed by atoms with Gasteiger partial charge in [-0.25, -0.2) is 9.59 Å². The van der Waals surface area contributed by atoms with Crippen molar-refractivity contribution >= 4 is 12.0 Å². The molecule has 1 rings (SSSR count). The van der Waals surface area contributed by atoms with E-state index in [1.165, 1.54) is 24.1 Å². The Morgan fingerprint density at radius 2 is 2.07 bits per heavy atom. The Hall–Kier alpha value is -1.82. The van der Waals surface area contributed by atoms with Gasteiger partial charge in [0.2, 0.25) is 0 Å². The van der Waals surface area contributed by atoms with E-state index in [-0.39, 0.29) is 0 Å². The monoisotopic (exact) mass is 212 g/mol. The highest BCUT2D eigenvalue weighted by Gasteiger charge is 2.20. The number of rotatable bonds is 3. The molecule has 15 heavy (non-hydrogen) atoms. The van der Waals surface area contributed by atoms with Gasteiger partial charge in [-0.05, 0) is 12.1 Å². The average molecular weight is 212 g/mol. The minimum Gasteiger partial charge on any atom is -0.467 e. The summed E-state index contributed by atoms with van der Waals surface area (Å²) < 4.78 is 5.65. The molecule has 0 saturated heterocycles. The number of nitrogens with one attached hydrogen (secondary N) is 1. The second-order valence-corrected chi connectivity index (χ2v) is 2.80. The maximum Gasteiger partial charge on any atom is 0.330 e. The van der Waals surface area contributed by atoms with Gasteiger partial charge in [-0.3, -0.25) is 4.57 Å². The topological polar surface area (TPSA) is 80.6 Å². The van der Waals surface area contributed by atoms with Gasteiger partial charge in [0, 0.05) is 12.4 Å². The highest BCUT2D eigenvalue weighted by Crippen LogP contribution is 1.92. The van der Waals surface area contributed by atoms with E-state index in [1.807, 2.05) is 0 Å². The first-order valence-corrected chi connectivity index (χ1v) is 4.31. The molecule has 0 spiro atoms. The lowest BCUT2D eigenvalue weighted by molar-refractivity contribution is -0.143. The van der Waals surface area contributed by atoms with Crippen LogP contribution in [0.1, 0.15) is 0 Å². The molecule has 1 heterocycles. The number of aliphatic hydroxyl groups excluding tert-OH is 1. The van der Waals surface area contributed by atoms with E-state index in [0.29, 0.717) is 0 Å². The van der Waals surface area contributed by atoms with Gasteiger partial charge < -0.3 is 15.2 Å². The number of hydrogen-bond donors (Lipinski definition) is 2. The number of amides is 1. The fourth-order valence-electron chi connectivity index (χ4n) is 1.01. The van der Waals surface area contributed by atoms with Gasteiger partial charge in [0.1, 0.15) is 0 Å². The predicted molar refractivity (Wildman–Crippen MR) is 51.3 cm³/mol. The number of nitrogens with zero attached hydrogens (tertiary/aromatic N) is 1. The molecule has 0 aliphatic heterocycles. The largest absolute Gasteiger partial charge is 0.467 e. The first kappa shape index (κ1) is 11.3. The molecule has 1 aromatic heterocycles. The summed E-state index contributed by atoms with van der Waals surface area (Å²) in [6.45, 7) is -0.500. The van der Waals surface area contributed by atoms with Gasteiger partial charge in [0.15, 0.2) is 6.04 Å². The van der Waals surface area contributed by atoms with E-state index in [1.54, 1.807) is 12.1 Å². The van der Waals surface area contributed by atoms with Crippen molar-refractivity contribution in [2.24, 2.45) is 0 Å². The number of carbonyl (C=O) groups is 2. The Bertz CT molecular complexity index is 334. The van der Waals surface area contributed by atoms with Crippen LogP contribution in [-0.4, -0.2) is 41.4 Å². The summed E-state index contributed by atoms with van der Waals surface area (Å²) in [4.78, 5) is 22.5. The molecule has 1 aromatic rings. The smallest absolute Gasteiger partial charge is 0.330 e. The van der Waals surface area contributed by atoms with E-state index >= 15 is 0 Å². The van der Waals surface area contributed by atoms with E-state index in [9.17, 15) is 9.59 Å². The maximum atomic E-state index is 11.4. The highest BCUT2D eigenvalue weighted by atomic mass is 16.5. The second-order valence-electron chi connectivity index (χ2n) is 2.80. The third-order valence-corrected chi connectivity index (χ3v) is 1.80. The van der Waals surface area contributed by atoms with Crippen molar-refractivity contribution in [1.82, 2.24) is 9.88 Å². The second kappa shape index (κ2) is 5.16. The molecule has 1 atom stereocenters. The normalized spacial score (nSPS) is 11.9. The number of aliphatic hydroxyl groups is 1. The predicted octanol–water partition coefficient (Wildman–Crippen LogP) is -0.420. The summed E-state index contributed by atoms with van der Waals surface area (Å²) in [5.74, 6) is -0.682. The van der Waals surface area contributed by atoms with E-state index in [0.717, 1.165) is 0 Å². The summed E-state index contributed by atoms with van der Waals surface area (Å²) in [7, 11) is 1.19. The van der Waals surface area contributed by atoms with Crippen LogP contribution in [0.15, 0.2) is 24.5 Å². The van der Waals surface area contributed by atoms with Crippen molar-refractivity contribution in [3.05, 3.63) is 24.5 Å². The van der Waals surface area contributed by atoms with Crippen molar-refractivity contribution in [3.63, 3.8) is 0 Å². The van der Waals surface area contributed by atoms with Crippen molar-refractivity contribution in [2.75, 3.05) is 13.7 Å². The van der Waals surface area contributed by atoms with Crippen LogP contribution in [0, 0.1) is 0 Å². The molecule has 0 aromatic carbocycles. The van der Waals surface area contributed by atoms with Gasteiger partial charge >= 0.3 is 12.0 Å². The Balaban J connectivity index is 2.60. The summed E-state index contributed by atoms with van der Waals surface area (Å²) in [5.41, 5.74) is 0. The van der Waals surface area contributed by atoms with Crippen LogP contribution >= 0.6 is 0 Å². The molecular formula is C9H12N2O4. The standard InChI is InChI=1S/C9H12N2O4/c1-15-8(13)7(6-12)10-9(14)11-4-2-3-5-11/h2-5,7,12H,6H2,1H3,(H,10,14). The van der Waals surface area contributed by atoms with Gasteiger partial charge in [0.05, 0.1) is 13.7 Å². The number of carbonyl (C=O) groups excluding carboxylic acids is 2. The third-order valence-electron chi connectivity index (χ3n) is 1.80. The third kappa shape index (κ3) is 2.81. The quantitative estimate of drug-likeness (QED) is 0.667. The van der Waals surface area contributed by atoms with Crippen LogP contribution in [0.5, 0.6) is 0 Å². The fourth-order valence-corrected chi connectivity index (χ4v) is 1.01. The molecule has 1 amide bonds. The van der Waals surface area contributed by atoms with Crippen molar-refractivity contribution < 1.29 is 19.4 Å². The van der Waals surface area contributed by atoms with Crippen molar-refractivity contribution in [2.45, 2.75) is 6.04 Å². The Morgan fingerprint density at radius 1 is 1.47 bits per heavy atom. The Labute approximate surface area is 86.5 Å². The minimum atomic E-state index is -1.04. The fraction of sp³-hybridized carbons (Fsp3) is 0.333. The van der Waals surface area contributed by atoms with Crippen LogP contribution in [0.25, 0.3) is 0 Å². The molecule has 0 aliphatic rings. The molecule has 0 fully saturated rings. The summed E-state index contributed by atoms with van der Waals surface area (Å²) in [6, 6.07) is 1.81. The van der Waals surface area contributed by atoms with Crippen molar-refractivity contribution in [1.29, 1.82) is 0 Å². The molecule has 0 saturated carbocycles. The first-order valence-electron chi connectivity index (χ1n) is 4.31. The summed E-state index contributed by atoms with van der Waals surface area (Å²) >= 11 is 0. The molecule has 6 heteroatoms. The van der Waals surface area contributed by atoms with Crippen LogP contribution < -0.4 is 5.32 Å². The van der Waals surface area contributed by atoms with Gasteiger partial charge in [-0.1, -0.05) is 0 Å². The SMILES string of the molecule is COC(=O)C(CO)NC(=O)n1cccc1. The molecule has 82 valence electrons. The summed E-state index contributed by atoms with van der Waals surface area (Å²) in [6.07, 6.45) is 3.06. The van der Waals surface area contributed by atoms with Crippen LogP contribution in [0.4, 0.5) is 4.79 Å². The molecular weight excluding hydrogens is 200 g/mol. The van der Waals surface area contributed by atoms with E-state index in [2.05, 4.69) is 10.1 Å². The molecule has 0 bridgehead atoms. The minimum absolute atomic E-state index is 0.496. The zero-order valence-electron chi connectivity index (χ0n) is 8.21. The van der Waals surface area contributed by atoms with Gasteiger partial charge in [-0.2, -0.15) is 0 Å². The Morgan fingerprint density at radius 3 is 2.53 bits per heavy atom. The van der Waals surface area contributed by atoms with Gasteiger partial charge in [0.25, 0.3) is 0 Å². The van der Waals surface area contributed by atoms with E-state index < -0.39 is 24.6 Å². The highest BCUT2D eigenvalue weighted by molar-refractivity contribution is 5.84. The number of esters is 1. The number of aromatic nitrogens is 1. The number of ether oxygens (including phenoxy) is 1. The number of methoxy groups -OCH3 is 1. The zero-order chi connectivity index (χ0) is 11.3. The van der Waals surface area contributed by atoms with E-state index in [4.69, 9.17) is 5.11 Å². The van der Waals surface area contributed by atoms with Crippen LogP contribution in [-0.2, 0) is 9.53 Å². The molecule has 2 N–H and O–H groups in total. The maximum absolute atomic E-state index is 11.4. The molecule has 0 radical (unpaired) electrons. The lowest BCUT2D eigenvalue weighted by atomic mass is 10.3. The zero-order valence-corrected chi connectivity index (χ0v) is 8.21. The lowest BCUT2D eigenvalue weighted by Gasteiger charge is -2.13. The molecule has 6 nitrogen and oxygen atoms in total. The van der Waals surface area contributed by atoms with Crippen molar-refractivity contribution in [3.8, 4) is 0 Å².